The van der Waals surface area contributed by atoms with Crippen LogP contribution in [0.1, 0.15) is 22.2 Å². The van der Waals surface area contributed by atoms with Crippen LogP contribution in [0.5, 0.6) is 0 Å². The normalized spacial score (nSPS) is 14.5. The lowest BCUT2D eigenvalue weighted by molar-refractivity contribution is 0.0846. The summed E-state index contributed by atoms with van der Waals surface area (Å²) < 4.78 is 0. The molecule has 96 valence electrons. The van der Waals surface area contributed by atoms with Gasteiger partial charge in [0, 0.05) is 29.1 Å². The lowest BCUT2D eigenvalue weighted by Gasteiger charge is -2.22. The van der Waals surface area contributed by atoms with Crippen LogP contribution in [0.15, 0.2) is 11.4 Å². The van der Waals surface area contributed by atoms with Crippen LogP contribution in [-0.4, -0.2) is 35.2 Å². The van der Waals surface area contributed by atoms with E-state index in [2.05, 4.69) is 5.32 Å². The Bertz CT molecular complexity index is 377. The maximum absolute atomic E-state index is 10.9. The smallest absolute Gasteiger partial charge is 0.249 e. The summed E-state index contributed by atoms with van der Waals surface area (Å²) in [6, 6.07) is 1.78. The second kappa shape index (κ2) is 6.39. The number of carbonyl (C=O) groups is 1. The molecule has 1 amide bonds. The monoisotopic (exact) mass is 274 g/mol. The van der Waals surface area contributed by atoms with E-state index in [1.54, 1.807) is 30.1 Å². The predicted octanol–water partition coefficient (Wildman–Crippen LogP) is 1.05. The van der Waals surface area contributed by atoms with E-state index in [1.165, 1.54) is 11.3 Å². The first-order chi connectivity index (χ1) is 7.94. The molecule has 0 aliphatic rings. The number of nitrogens with two attached hydrogens (primary N) is 1. The third-order valence-electron chi connectivity index (χ3n) is 2.20. The molecule has 1 aromatic rings. The van der Waals surface area contributed by atoms with Crippen molar-refractivity contribution in [3.63, 3.8) is 0 Å². The molecule has 4 N–H and O–H groups in total. The van der Waals surface area contributed by atoms with Crippen LogP contribution in [0, 0.1) is 0 Å². The number of thiophene rings is 1. The van der Waals surface area contributed by atoms with Crippen LogP contribution in [0.3, 0.4) is 0 Å². The summed E-state index contributed by atoms with van der Waals surface area (Å²) in [6.07, 6.45) is 1.97. The Hall–Kier alpha value is -0.560. The molecule has 1 unspecified atom stereocenters. The zero-order chi connectivity index (χ0) is 12.9. The first-order valence-corrected chi connectivity index (χ1v) is 7.51. The number of carbonyl (C=O) groups excluding carboxylic acids is 1. The fourth-order valence-corrected chi connectivity index (χ4v) is 2.99. The van der Waals surface area contributed by atoms with Crippen molar-refractivity contribution in [3.8, 4) is 0 Å². The molecule has 6 heteroatoms. The van der Waals surface area contributed by atoms with Gasteiger partial charge in [0.15, 0.2) is 0 Å². The highest BCUT2D eigenvalue weighted by molar-refractivity contribution is 7.98. The summed E-state index contributed by atoms with van der Waals surface area (Å²) in [7, 11) is 0. The number of amides is 1. The largest absolute Gasteiger partial charge is 0.388 e. The predicted molar refractivity (Wildman–Crippen MR) is 73.5 cm³/mol. The van der Waals surface area contributed by atoms with Gasteiger partial charge in [-0.05, 0) is 19.2 Å². The van der Waals surface area contributed by atoms with Gasteiger partial charge in [0.25, 0.3) is 0 Å². The van der Waals surface area contributed by atoms with E-state index in [0.717, 1.165) is 4.88 Å². The average molecular weight is 274 g/mol. The first kappa shape index (κ1) is 14.5. The van der Waals surface area contributed by atoms with E-state index in [-0.39, 0.29) is 0 Å². The Labute approximate surface area is 110 Å². The molecule has 0 saturated heterocycles. The van der Waals surface area contributed by atoms with Gasteiger partial charge < -0.3 is 16.2 Å². The minimum atomic E-state index is -0.705. The van der Waals surface area contributed by atoms with Crippen LogP contribution < -0.4 is 11.1 Å². The van der Waals surface area contributed by atoms with E-state index < -0.39 is 11.5 Å². The molecule has 0 radical (unpaired) electrons. The Kier molecular flexibility index (Phi) is 5.45. The average Bonchev–Trinajstić information content (AvgIpc) is 2.66. The Morgan fingerprint density at radius 1 is 1.71 bits per heavy atom. The molecule has 0 aromatic carbocycles. The van der Waals surface area contributed by atoms with E-state index in [4.69, 9.17) is 5.73 Å². The third-order valence-corrected chi connectivity index (χ3v) is 4.05. The van der Waals surface area contributed by atoms with Crippen molar-refractivity contribution in [1.29, 1.82) is 0 Å². The summed E-state index contributed by atoms with van der Waals surface area (Å²) in [4.78, 5) is 11.9. The first-order valence-electron chi connectivity index (χ1n) is 5.24. The molecule has 1 atom stereocenters. The number of aliphatic hydroxyl groups is 1. The maximum Gasteiger partial charge on any atom is 0.249 e. The molecule has 0 aliphatic carbocycles. The van der Waals surface area contributed by atoms with Gasteiger partial charge in [0.05, 0.1) is 11.2 Å². The number of rotatable bonds is 7. The van der Waals surface area contributed by atoms with Crippen LogP contribution in [0.25, 0.3) is 0 Å². The highest BCUT2D eigenvalue weighted by atomic mass is 32.2. The van der Waals surface area contributed by atoms with E-state index in [9.17, 15) is 9.90 Å². The van der Waals surface area contributed by atoms with Gasteiger partial charge in [-0.3, -0.25) is 4.79 Å². The van der Waals surface area contributed by atoms with Crippen molar-refractivity contribution in [2.45, 2.75) is 19.1 Å². The van der Waals surface area contributed by atoms with Gasteiger partial charge in [-0.2, -0.15) is 11.8 Å². The molecule has 0 spiro atoms. The minimum Gasteiger partial charge on any atom is -0.388 e. The highest BCUT2D eigenvalue weighted by Gasteiger charge is 2.18. The molecule has 0 fully saturated rings. The summed E-state index contributed by atoms with van der Waals surface area (Å²) in [5.74, 6) is 0.290. The summed E-state index contributed by atoms with van der Waals surface area (Å²) >= 11 is 3.11. The van der Waals surface area contributed by atoms with Crippen molar-refractivity contribution in [3.05, 3.63) is 21.9 Å². The SMILES string of the molecule is CSCC(C)(O)CNCc1cc(C(N)=O)cs1. The number of primary amides is 1. The molecule has 0 saturated carbocycles. The number of hydrogen-bond acceptors (Lipinski definition) is 5. The third kappa shape index (κ3) is 5.08. The molecular weight excluding hydrogens is 256 g/mol. The molecule has 4 nitrogen and oxygen atoms in total. The summed E-state index contributed by atoms with van der Waals surface area (Å²) in [5, 5.41) is 14.9. The number of thioether (sulfide) groups is 1. The summed E-state index contributed by atoms with van der Waals surface area (Å²) in [6.45, 7) is 2.97. The molecule has 0 bridgehead atoms. The van der Waals surface area contributed by atoms with Crippen LogP contribution >= 0.6 is 23.1 Å². The van der Waals surface area contributed by atoms with Gasteiger partial charge in [0.2, 0.25) is 5.91 Å². The van der Waals surface area contributed by atoms with Crippen molar-refractivity contribution in [2.24, 2.45) is 5.73 Å². The van der Waals surface area contributed by atoms with Crippen molar-refractivity contribution >= 4 is 29.0 Å². The van der Waals surface area contributed by atoms with Crippen LogP contribution in [-0.2, 0) is 6.54 Å². The molecule has 1 aromatic heterocycles. The van der Waals surface area contributed by atoms with Crippen LogP contribution in [0.2, 0.25) is 0 Å². The van der Waals surface area contributed by atoms with Crippen molar-refractivity contribution in [1.82, 2.24) is 5.32 Å². The number of hydrogen-bond donors (Lipinski definition) is 3. The van der Waals surface area contributed by atoms with Crippen molar-refractivity contribution in [2.75, 3.05) is 18.6 Å². The zero-order valence-electron chi connectivity index (χ0n) is 10.0. The van der Waals surface area contributed by atoms with Gasteiger partial charge in [-0.15, -0.1) is 11.3 Å². The van der Waals surface area contributed by atoms with E-state index >= 15 is 0 Å². The Morgan fingerprint density at radius 3 is 2.94 bits per heavy atom. The molecule has 17 heavy (non-hydrogen) atoms. The van der Waals surface area contributed by atoms with Crippen molar-refractivity contribution < 1.29 is 9.90 Å². The lowest BCUT2D eigenvalue weighted by Crippen LogP contribution is -2.39. The highest BCUT2D eigenvalue weighted by Crippen LogP contribution is 2.14. The molecule has 0 aliphatic heterocycles. The summed E-state index contributed by atoms with van der Waals surface area (Å²) in [5.41, 5.74) is 5.01. The van der Waals surface area contributed by atoms with Gasteiger partial charge >= 0.3 is 0 Å². The topological polar surface area (TPSA) is 75.3 Å². The lowest BCUT2D eigenvalue weighted by atomic mass is 10.1. The molecule has 1 rings (SSSR count). The van der Waals surface area contributed by atoms with E-state index in [0.29, 0.717) is 24.4 Å². The Morgan fingerprint density at radius 2 is 2.41 bits per heavy atom. The van der Waals surface area contributed by atoms with Gasteiger partial charge in [-0.1, -0.05) is 0 Å². The van der Waals surface area contributed by atoms with Gasteiger partial charge in [-0.25, -0.2) is 0 Å². The van der Waals surface area contributed by atoms with Crippen LogP contribution in [0.4, 0.5) is 0 Å². The van der Waals surface area contributed by atoms with E-state index in [1.807, 2.05) is 6.26 Å². The molecular formula is C11H18N2O2S2. The fourth-order valence-electron chi connectivity index (χ4n) is 1.42. The quantitative estimate of drug-likeness (QED) is 0.695. The number of nitrogens with one attached hydrogen (secondary N) is 1. The zero-order valence-corrected chi connectivity index (χ0v) is 11.7. The second-order valence-corrected chi connectivity index (χ2v) is 6.06. The second-order valence-electron chi connectivity index (χ2n) is 4.20. The molecule has 1 heterocycles. The standard InChI is InChI=1S/C11H18N2O2S2/c1-11(15,7-16-2)6-13-4-9-3-8(5-17-9)10(12)14/h3,5,13,15H,4,6-7H2,1-2H3,(H2,12,14). The minimum absolute atomic E-state index is 0.401. The van der Waals surface area contributed by atoms with Gasteiger partial charge in [0.1, 0.15) is 0 Å². The maximum atomic E-state index is 10.9. The fraction of sp³-hybridized carbons (Fsp3) is 0.545. The Balaban J connectivity index is 2.38.